The van der Waals surface area contributed by atoms with E-state index in [9.17, 15) is 18.0 Å². The summed E-state index contributed by atoms with van der Waals surface area (Å²) in [6.45, 7) is 0.0315. The lowest BCUT2D eigenvalue weighted by Crippen LogP contribution is -2.18. The minimum atomic E-state index is -4.43. The highest BCUT2D eigenvalue weighted by Crippen LogP contribution is 2.30. The number of hydrogen-bond acceptors (Lipinski definition) is 1. The minimum absolute atomic E-state index is 0.0315. The van der Waals surface area contributed by atoms with Gasteiger partial charge in [0.1, 0.15) is 6.54 Å². The fourth-order valence-corrected chi connectivity index (χ4v) is 2.41. The third-order valence-electron chi connectivity index (χ3n) is 3.47. The predicted octanol–water partition coefficient (Wildman–Crippen LogP) is 4.30. The minimum Gasteiger partial charge on any atom is -0.338 e. The normalized spacial score (nSPS) is 11.6. The van der Waals surface area contributed by atoms with Crippen molar-refractivity contribution < 1.29 is 18.0 Å². The van der Waals surface area contributed by atoms with Gasteiger partial charge in [-0.3, -0.25) is 4.79 Å². The first-order valence-corrected chi connectivity index (χ1v) is 6.94. The molecule has 0 radical (unpaired) electrons. The van der Waals surface area contributed by atoms with Crippen LogP contribution in [0.5, 0.6) is 0 Å². The number of nitrogens with one attached hydrogen (secondary N) is 1. The first-order valence-electron chi connectivity index (χ1n) is 6.94. The number of nitrogens with zero attached hydrogens (tertiary/aromatic N) is 1. The van der Waals surface area contributed by atoms with E-state index in [1.54, 1.807) is 10.8 Å². The van der Waals surface area contributed by atoms with E-state index in [2.05, 4.69) is 5.32 Å². The number of benzene rings is 2. The van der Waals surface area contributed by atoms with Crippen LogP contribution in [-0.2, 0) is 17.5 Å². The Morgan fingerprint density at radius 1 is 1.04 bits per heavy atom. The molecule has 0 atom stereocenters. The first kappa shape index (κ1) is 15.1. The van der Waals surface area contributed by atoms with Gasteiger partial charge in [-0.05, 0) is 35.7 Å². The third-order valence-corrected chi connectivity index (χ3v) is 3.47. The molecule has 1 heterocycles. The fourth-order valence-electron chi connectivity index (χ4n) is 2.41. The topological polar surface area (TPSA) is 34.0 Å². The van der Waals surface area contributed by atoms with Crippen molar-refractivity contribution in [3.63, 3.8) is 0 Å². The number of amides is 1. The number of para-hydroxylation sites is 1. The standard InChI is InChI=1S/C17H13F3N2O/c18-17(19,20)13-5-3-6-14(10-13)21-16(23)11-22-9-8-12-4-1-2-7-15(12)22/h1-10H,11H2,(H,21,23). The van der Waals surface area contributed by atoms with Crippen molar-refractivity contribution in [1.82, 2.24) is 4.57 Å². The molecule has 0 aliphatic carbocycles. The molecule has 0 fully saturated rings. The van der Waals surface area contributed by atoms with Gasteiger partial charge >= 0.3 is 6.18 Å². The zero-order chi connectivity index (χ0) is 16.4. The molecule has 0 aliphatic heterocycles. The van der Waals surface area contributed by atoms with E-state index in [4.69, 9.17) is 0 Å². The van der Waals surface area contributed by atoms with Crippen molar-refractivity contribution in [1.29, 1.82) is 0 Å². The molecule has 0 saturated heterocycles. The Morgan fingerprint density at radius 2 is 1.83 bits per heavy atom. The van der Waals surface area contributed by atoms with E-state index in [0.29, 0.717) is 0 Å². The SMILES string of the molecule is O=C(Cn1ccc2ccccc21)Nc1cccc(C(F)(F)F)c1. The van der Waals surface area contributed by atoms with Gasteiger partial charge in [0, 0.05) is 17.4 Å². The molecule has 2 aromatic carbocycles. The van der Waals surface area contributed by atoms with Crippen LogP contribution in [-0.4, -0.2) is 10.5 Å². The molecule has 0 bridgehead atoms. The summed E-state index contributed by atoms with van der Waals surface area (Å²) < 4.78 is 39.8. The summed E-state index contributed by atoms with van der Waals surface area (Å²) in [5.41, 5.74) is 0.231. The summed E-state index contributed by atoms with van der Waals surface area (Å²) in [5, 5.41) is 3.50. The lowest BCUT2D eigenvalue weighted by molar-refractivity contribution is -0.137. The summed E-state index contributed by atoms with van der Waals surface area (Å²) >= 11 is 0. The Balaban J connectivity index is 1.75. The van der Waals surface area contributed by atoms with E-state index in [1.807, 2.05) is 30.3 Å². The van der Waals surface area contributed by atoms with Crippen LogP contribution >= 0.6 is 0 Å². The largest absolute Gasteiger partial charge is 0.416 e. The van der Waals surface area contributed by atoms with Crippen molar-refractivity contribution >= 4 is 22.5 Å². The molecule has 1 N–H and O–H groups in total. The van der Waals surface area contributed by atoms with Gasteiger partial charge in [0.25, 0.3) is 0 Å². The number of fused-ring (bicyclic) bond motifs is 1. The van der Waals surface area contributed by atoms with Crippen LogP contribution in [0.1, 0.15) is 5.56 Å². The van der Waals surface area contributed by atoms with Gasteiger partial charge in [0.2, 0.25) is 5.91 Å². The molecule has 0 spiro atoms. The van der Waals surface area contributed by atoms with Crippen LogP contribution in [0.15, 0.2) is 60.8 Å². The average molecular weight is 318 g/mol. The summed E-state index contributed by atoms with van der Waals surface area (Å²) in [5.74, 6) is -0.384. The quantitative estimate of drug-likeness (QED) is 0.767. The van der Waals surface area contributed by atoms with E-state index < -0.39 is 11.7 Å². The third kappa shape index (κ3) is 3.36. The Kier molecular flexibility index (Phi) is 3.82. The van der Waals surface area contributed by atoms with Crippen LogP contribution in [0.25, 0.3) is 10.9 Å². The van der Waals surface area contributed by atoms with Crippen LogP contribution < -0.4 is 5.32 Å². The maximum atomic E-state index is 12.7. The number of carbonyl (C=O) groups is 1. The van der Waals surface area contributed by atoms with Crippen LogP contribution in [0.4, 0.5) is 18.9 Å². The molecule has 0 saturated carbocycles. The Labute approximate surface area is 130 Å². The Morgan fingerprint density at radius 3 is 2.61 bits per heavy atom. The zero-order valence-electron chi connectivity index (χ0n) is 12.0. The van der Waals surface area contributed by atoms with Crippen molar-refractivity contribution in [2.75, 3.05) is 5.32 Å². The molecular formula is C17H13F3N2O. The van der Waals surface area contributed by atoms with Gasteiger partial charge < -0.3 is 9.88 Å². The summed E-state index contributed by atoms with van der Waals surface area (Å²) in [4.78, 5) is 12.1. The molecule has 118 valence electrons. The molecule has 0 unspecified atom stereocenters. The van der Waals surface area contributed by atoms with Crippen LogP contribution in [0.3, 0.4) is 0 Å². The maximum absolute atomic E-state index is 12.7. The summed E-state index contributed by atoms with van der Waals surface area (Å²) in [7, 11) is 0. The highest BCUT2D eigenvalue weighted by molar-refractivity contribution is 5.92. The van der Waals surface area contributed by atoms with E-state index >= 15 is 0 Å². The lowest BCUT2D eigenvalue weighted by Gasteiger charge is -2.10. The van der Waals surface area contributed by atoms with Crippen LogP contribution in [0, 0.1) is 0 Å². The predicted molar refractivity (Wildman–Crippen MR) is 82.0 cm³/mol. The Bertz CT molecular complexity index is 852. The van der Waals surface area contributed by atoms with Crippen molar-refractivity contribution in [3.8, 4) is 0 Å². The molecule has 3 rings (SSSR count). The second-order valence-corrected chi connectivity index (χ2v) is 5.13. The van der Waals surface area contributed by atoms with Crippen molar-refractivity contribution in [2.45, 2.75) is 12.7 Å². The molecule has 6 heteroatoms. The summed E-state index contributed by atoms with van der Waals surface area (Å²) in [6, 6.07) is 14.0. The maximum Gasteiger partial charge on any atom is 0.416 e. The van der Waals surface area contributed by atoms with Gasteiger partial charge in [-0.25, -0.2) is 0 Å². The monoisotopic (exact) mass is 318 g/mol. The van der Waals surface area contributed by atoms with Crippen molar-refractivity contribution in [3.05, 3.63) is 66.4 Å². The second-order valence-electron chi connectivity index (χ2n) is 5.13. The van der Waals surface area contributed by atoms with Gasteiger partial charge in [0.15, 0.2) is 0 Å². The highest BCUT2D eigenvalue weighted by Gasteiger charge is 2.30. The lowest BCUT2D eigenvalue weighted by atomic mass is 10.2. The highest BCUT2D eigenvalue weighted by atomic mass is 19.4. The average Bonchev–Trinajstić information content (AvgIpc) is 2.90. The number of rotatable bonds is 3. The molecular weight excluding hydrogens is 305 g/mol. The van der Waals surface area contributed by atoms with E-state index in [0.717, 1.165) is 23.0 Å². The number of alkyl halides is 3. The van der Waals surface area contributed by atoms with Gasteiger partial charge in [-0.1, -0.05) is 24.3 Å². The molecule has 1 aromatic heterocycles. The number of aromatic nitrogens is 1. The number of anilines is 1. The molecule has 3 aromatic rings. The molecule has 1 amide bonds. The van der Waals surface area contributed by atoms with Gasteiger partial charge in [0.05, 0.1) is 5.56 Å². The van der Waals surface area contributed by atoms with E-state index in [-0.39, 0.29) is 18.1 Å². The van der Waals surface area contributed by atoms with E-state index in [1.165, 1.54) is 12.1 Å². The first-order chi connectivity index (χ1) is 10.9. The summed E-state index contributed by atoms with van der Waals surface area (Å²) in [6.07, 6.45) is -2.66. The molecule has 3 nitrogen and oxygen atoms in total. The second kappa shape index (κ2) is 5.79. The van der Waals surface area contributed by atoms with Crippen LogP contribution in [0.2, 0.25) is 0 Å². The Hall–Kier alpha value is -2.76. The number of halogens is 3. The number of carbonyl (C=O) groups excluding carboxylic acids is 1. The number of hydrogen-bond donors (Lipinski definition) is 1. The van der Waals surface area contributed by atoms with Gasteiger partial charge in [-0.2, -0.15) is 13.2 Å². The zero-order valence-corrected chi connectivity index (χ0v) is 12.0. The molecule has 0 aliphatic rings. The fraction of sp³-hybridized carbons (Fsp3) is 0.118. The molecule has 23 heavy (non-hydrogen) atoms. The van der Waals surface area contributed by atoms with Gasteiger partial charge in [-0.15, -0.1) is 0 Å². The smallest absolute Gasteiger partial charge is 0.338 e. The van der Waals surface area contributed by atoms with Crippen molar-refractivity contribution in [2.24, 2.45) is 0 Å².